The van der Waals surface area contributed by atoms with Gasteiger partial charge in [0, 0.05) is 16.3 Å². The molecule has 5 heteroatoms. The lowest BCUT2D eigenvalue weighted by Gasteiger charge is -2.28. The summed E-state index contributed by atoms with van der Waals surface area (Å²) >= 11 is 1.64. The Morgan fingerprint density at radius 3 is 2.86 bits per heavy atom. The third-order valence-corrected chi connectivity index (χ3v) is 5.37. The van der Waals surface area contributed by atoms with E-state index in [1.54, 1.807) is 11.3 Å². The highest BCUT2D eigenvalue weighted by Gasteiger charge is 2.28. The minimum atomic E-state index is -0.957. The van der Waals surface area contributed by atoms with Gasteiger partial charge in [0.1, 0.15) is 6.54 Å². The van der Waals surface area contributed by atoms with Crippen LogP contribution in [0.2, 0.25) is 0 Å². The molecule has 2 rings (SSSR count). The second-order valence-corrected chi connectivity index (χ2v) is 6.95. The maximum absolute atomic E-state index is 12.8. The molecule has 0 radical (unpaired) electrons. The minimum absolute atomic E-state index is 0.0633. The van der Waals surface area contributed by atoms with E-state index in [-0.39, 0.29) is 18.5 Å². The maximum Gasteiger partial charge on any atom is 0.323 e. The number of hydrogen-bond donors (Lipinski definition) is 1. The van der Waals surface area contributed by atoms with Crippen LogP contribution < -0.4 is 0 Å². The first-order valence-corrected chi connectivity index (χ1v) is 8.44. The number of carbonyl (C=O) groups excluding carboxylic acids is 1. The Bertz CT molecular complexity index is 538. The van der Waals surface area contributed by atoms with Crippen molar-refractivity contribution in [2.24, 2.45) is 5.92 Å². The Morgan fingerprint density at radius 2 is 2.24 bits per heavy atom. The highest BCUT2D eigenvalue weighted by molar-refractivity contribution is 7.10. The van der Waals surface area contributed by atoms with Gasteiger partial charge in [-0.3, -0.25) is 9.59 Å². The molecule has 2 unspecified atom stereocenters. The third-order valence-electron chi connectivity index (χ3n) is 4.32. The van der Waals surface area contributed by atoms with Gasteiger partial charge in [-0.2, -0.15) is 0 Å². The lowest BCUT2D eigenvalue weighted by atomic mass is 9.88. The van der Waals surface area contributed by atoms with Crippen molar-refractivity contribution in [1.82, 2.24) is 4.90 Å². The summed E-state index contributed by atoms with van der Waals surface area (Å²) < 4.78 is 0. The number of carboxylic acids is 1. The van der Waals surface area contributed by atoms with Gasteiger partial charge in [-0.05, 0) is 44.1 Å². The zero-order valence-corrected chi connectivity index (χ0v) is 13.7. The molecule has 0 saturated carbocycles. The summed E-state index contributed by atoms with van der Waals surface area (Å²) in [6.45, 7) is 5.88. The van der Waals surface area contributed by atoms with Crippen molar-refractivity contribution in [2.45, 2.75) is 52.5 Å². The van der Waals surface area contributed by atoms with Crippen molar-refractivity contribution < 1.29 is 14.7 Å². The SMILES string of the molecule is CCC(C)N(CC(=O)O)C(=O)c1csc2c1CCC(C)C2. The quantitative estimate of drug-likeness (QED) is 0.908. The highest BCUT2D eigenvalue weighted by Crippen LogP contribution is 2.33. The van der Waals surface area contributed by atoms with Crippen LogP contribution in [0.25, 0.3) is 0 Å². The average molecular weight is 309 g/mol. The first-order chi connectivity index (χ1) is 9.93. The van der Waals surface area contributed by atoms with E-state index < -0.39 is 5.97 Å². The van der Waals surface area contributed by atoms with Gasteiger partial charge in [0.15, 0.2) is 0 Å². The van der Waals surface area contributed by atoms with Gasteiger partial charge in [0.2, 0.25) is 0 Å². The summed E-state index contributed by atoms with van der Waals surface area (Å²) in [5.41, 5.74) is 1.88. The Labute approximate surface area is 129 Å². The predicted octanol–water partition coefficient (Wildman–Crippen LogP) is 3.20. The Hall–Kier alpha value is -1.36. The van der Waals surface area contributed by atoms with Crippen molar-refractivity contribution in [3.05, 3.63) is 21.4 Å². The molecule has 4 nitrogen and oxygen atoms in total. The zero-order valence-electron chi connectivity index (χ0n) is 12.9. The van der Waals surface area contributed by atoms with Crippen LogP contribution in [0, 0.1) is 5.92 Å². The third kappa shape index (κ3) is 3.46. The van der Waals surface area contributed by atoms with Crippen molar-refractivity contribution >= 4 is 23.2 Å². The molecule has 2 atom stereocenters. The molecule has 1 aromatic rings. The highest BCUT2D eigenvalue weighted by atomic mass is 32.1. The second kappa shape index (κ2) is 6.60. The van der Waals surface area contributed by atoms with Crippen LogP contribution in [0.1, 0.15) is 54.4 Å². The van der Waals surface area contributed by atoms with E-state index in [4.69, 9.17) is 5.11 Å². The number of fused-ring (bicyclic) bond motifs is 1. The molecule has 0 spiro atoms. The van der Waals surface area contributed by atoms with Gasteiger partial charge in [0.05, 0.1) is 5.56 Å². The summed E-state index contributed by atoms with van der Waals surface area (Å²) in [5.74, 6) is -0.413. The second-order valence-electron chi connectivity index (χ2n) is 5.98. The number of hydrogen-bond acceptors (Lipinski definition) is 3. The standard InChI is InChI=1S/C16H23NO3S/c1-4-11(3)17(8-15(18)19)16(20)13-9-21-14-7-10(2)5-6-12(13)14/h9-11H,4-8H2,1-3H3,(H,18,19). The minimum Gasteiger partial charge on any atom is -0.480 e. The number of carbonyl (C=O) groups is 2. The molecular weight excluding hydrogens is 286 g/mol. The Kier molecular flexibility index (Phi) is 5.04. The molecule has 1 aliphatic rings. The van der Waals surface area contributed by atoms with Crippen LogP contribution >= 0.6 is 11.3 Å². The van der Waals surface area contributed by atoms with E-state index in [2.05, 4.69) is 6.92 Å². The lowest BCUT2D eigenvalue weighted by molar-refractivity contribution is -0.138. The lowest BCUT2D eigenvalue weighted by Crippen LogP contribution is -2.42. The largest absolute Gasteiger partial charge is 0.480 e. The van der Waals surface area contributed by atoms with Crippen molar-refractivity contribution in [3.8, 4) is 0 Å². The van der Waals surface area contributed by atoms with Crippen LogP contribution in [0.3, 0.4) is 0 Å². The number of aliphatic carboxylic acids is 1. The molecule has 0 bridgehead atoms. The van der Waals surface area contributed by atoms with E-state index in [1.807, 2.05) is 19.2 Å². The first kappa shape index (κ1) is 16.0. The van der Waals surface area contributed by atoms with Gasteiger partial charge in [0.25, 0.3) is 5.91 Å². The summed E-state index contributed by atoms with van der Waals surface area (Å²) in [6, 6.07) is -0.0633. The zero-order chi connectivity index (χ0) is 15.6. The Morgan fingerprint density at radius 1 is 1.52 bits per heavy atom. The van der Waals surface area contributed by atoms with Gasteiger partial charge in [-0.15, -0.1) is 11.3 Å². The van der Waals surface area contributed by atoms with E-state index >= 15 is 0 Å². The Balaban J connectivity index is 2.27. The van der Waals surface area contributed by atoms with Crippen LogP contribution in [0.5, 0.6) is 0 Å². The summed E-state index contributed by atoms with van der Waals surface area (Å²) in [6.07, 6.45) is 3.83. The predicted molar refractivity (Wildman–Crippen MR) is 83.9 cm³/mol. The molecule has 21 heavy (non-hydrogen) atoms. The van der Waals surface area contributed by atoms with Gasteiger partial charge in [-0.25, -0.2) is 0 Å². The first-order valence-electron chi connectivity index (χ1n) is 7.56. The van der Waals surface area contributed by atoms with Crippen molar-refractivity contribution in [1.29, 1.82) is 0 Å². The number of amides is 1. The molecule has 1 aromatic heterocycles. The molecule has 116 valence electrons. The topological polar surface area (TPSA) is 57.6 Å². The molecular formula is C16H23NO3S. The molecule has 1 N–H and O–H groups in total. The molecule has 0 saturated heterocycles. The van der Waals surface area contributed by atoms with E-state index in [0.717, 1.165) is 36.8 Å². The summed E-state index contributed by atoms with van der Waals surface area (Å²) in [7, 11) is 0. The van der Waals surface area contributed by atoms with E-state index in [1.165, 1.54) is 9.78 Å². The number of thiophene rings is 1. The van der Waals surface area contributed by atoms with Crippen LogP contribution in [0.4, 0.5) is 0 Å². The molecule has 0 aromatic carbocycles. The van der Waals surface area contributed by atoms with Crippen LogP contribution in [-0.4, -0.2) is 34.5 Å². The molecule has 1 amide bonds. The van der Waals surface area contributed by atoms with Gasteiger partial charge in [-0.1, -0.05) is 13.8 Å². The maximum atomic E-state index is 12.8. The monoisotopic (exact) mass is 309 g/mol. The van der Waals surface area contributed by atoms with Crippen molar-refractivity contribution in [2.75, 3.05) is 6.54 Å². The van der Waals surface area contributed by atoms with Crippen LogP contribution in [-0.2, 0) is 17.6 Å². The fourth-order valence-electron chi connectivity index (χ4n) is 2.81. The van der Waals surface area contributed by atoms with E-state index in [0.29, 0.717) is 5.92 Å². The van der Waals surface area contributed by atoms with E-state index in [9.17, 15) is 9.59 Å². The normalized spacial score (nSPS) is 18.9. The van der Waals surface area contributed by atoms with Gasteiger partial charge < -0.3 is 10.0 Å². The average Bonchev–Trinajstić information content (AvgIpc) is 2.85. The van der Waals surface area contributed by atoms with Gasteiger partial charge >= 0.3 is 5.97 Å². The molecule has 1 aliphatic carbocycles. The number of rotatable bonds is 5. The number of nitrogens with zero attached hydrogens (tertiary/aromatic N) is 1. The van der Waals surface area contributed by atoms with Crippen LogP contribution in [0.15, 0.2) is 5.38 Å². The van der Waals surface area contributed by atoms with Crippen molar-refractivity contribution in [3.63, 3.8) is 0 Å². The fraction of sp³-hybridized carbons (Fsp3) is 0.625. The molecule has 0 fully saturated rings. The molecule has 0 aliphatic heterocycles. The fourth-order valence-corrected chi connectivity index (χ4v) is 4.04. The molecule has 1 heterocycles. The summed E-state index contributed by atoms with van der Waals surface area (Å²) in [5, 5.41) is 11.0. The summed E-state index contributed by atoms with van der Waals surface area (Å²) in [4.78, 5) is 26.6. The number of carboxylic acid groups (broad SMARTS) is 1. The smallest absolute Gasteiger partial charge is 0.323 e.